The summed E-state index contributed by atoms with van der Waals surface area (Å²) in [5.74, 6) is 0.714. The highest BCUT2D eigenvalue weighted by Crippen LogP contribution is 2.49. The first-order valence-corrected chi connectivity index (χ1v) is 15.4. The molecule has 7 aromatic rings. The lowest BCUT2D eigenvalue weighted by molar-refractivity contribution is 0.660. The van der Waals surface area contributed by atoms with Gasteiger partial charge < -0.3 is 0 Å². The van der Waals surface area contributed by atoms with Crippen molar-refractivity contribution in [3.63, 3.8) is 0 Å². The first kappa shape index (κ1) is 26.9. The summed E-state index contributed by atoms with van der Waals surface area (Å²) in [6, 6.07) is 49.3. The minimum atomic E-state index is -0.0242. The molecule has 3 heteroatoms. The van der Waals surface area contributed by atoms with Gasteiger partial charge >= 0.3 is 0 Å². The second kappa shape index (κ2) is 10.8. The van der Waals surface area contributed by atoms with Gasteiger partial charge in [-0.05, 0) is 68.8 Å². The van der Waals surface area contributed by atoms with Crippen molar-refractivity contribution in [1.82, 2.24) is 15.0 Å². The van der Waals surface area contributed by atoms with Crippen LogP contribution in [0, 0.1) is 0 Å². The van der Waals surface area contributed by atoms with Crippen molar-refractivity contribution in [3.8, 4) is 67.3 Å². The van der Waals surface area contributed by atoms with E-state index in [1.807, 2.05) is 42.7 Å². The van der Waals surface area contributed by atoms with Gasteiger partial charge in [-0.1, -0.05) is 129 Å². The Morgan fingerprint density at radius 2 is 0.911 bits per heavy atom. The Morgan fingerprint density at radius 1 is 0.400 bits per heavy atom. The normalized spacial score (nSPS) is 12.8. The molecule has 45 heavy (non-hydrogen) atoms. The molecule has 2 heterocycles. The fraction of sp³-hybridized carbons (Fsp3) is 0.0714. The smallest absolute Gasteiger partial charge is 0.160 e. The summed E-state index contributed by atoms with van der Waals surface area (Å²) in [4.78, 5) is 14.2. The maximum Gasteiger partial charge on any atom is 0.160 e. The van der Waals surface area contributed by atoms with Gasteiger partial charge in [-0.2, -0.15) is 0 Å². The largest absolute Gasteiger partial charge is 0.265 e. The van der Waals surface area contributed by atoms with Crippen LogP contribution >= 0.6 is 0 Å². The Hall–Kier alpha value is -5.67. The van der Waals surface area contributed by atoms with E-state index in [2.05, 4.69) is 128 Å². The van der Waals surface area contributed by atoms with Gasteiger partial charge in [-0.15, -0.1) is 0 Å². The van der Waals surface area contributed by atoms with E-state index in [0.29, 0.717) is 5.82 Å². The Morgan fingerprint density at radius 3 is 1.58 bits per heavy atom. The molecule has 0 spiro atoms. The molecule has 1 aliphatic rings. The van der Waals surface area contributed by atoms with Gasteiger partial charge in [0, 0.05) is 34.5 Å². The van der Waals surface area contributed by atoms with E-state index in [4.69, 9.17) is 9.97 Å². The topological polar surface area (TPSA) is 38.7 Å². The number of aromatic nitrogens is 3. The number of rotatable bonds is 5. The van der Waals surface area contributed by atoms with Crippen LogP contribution < -0.4 is 0 Å². The lowest BCUT2D eigenvalue weighted by Gasteiger charge is -2.22. The number of benzene rings is 5. The minimum Gasteiger partial charge on any atom is -0.265 e. The molecule has 3 nitrogen and oxygen atoms in total. The standard InChI is InChI=1S/C42H31N3/c1-42(2)37-11-7-6-10-35(37)36-21-20-34(26-38(36)42)29-14-18-32(19-15-29)40-27-39(44-41(45-40)33-8-4-3-5-9-33)31-16-12-28(13-17-31)30-22-24-43-25-23-30/h3-27H,1-2H3. The fourth-order valence-electron chi connectivity index (χ4n) is 6.55. The van der Waals surface area contributed by atoms with Gasteiger partial charge in [-0.3, -0.25) is 4.98 Å². The molecule has 0 N–H and O–H groups in total. The van der Waals surface area contributed by atoms with E-state index in [1.165, 1.54) is 33.4 Å². The van der Waals surface area contributed by atoms with Crippen LogP contribution in [0.1, 0.15) is 25.0 Å². The van der Waals surface area contributed by atoms with E-state index >= 15 is 0 Å². The van der Waals surface area contributed by atoms with E-state index in [9.17, 15) is 0 Å². The first-order chi connectivity index (χ1) is 22.0. The number of hydrogen-bond donors (Lipinski definition) is 0. The second-order valence-corrected chi connectivity index (χ2v) is 12.1. The van der Waals surface area contributed by atoms with Crippen LogP contribution in [0.3, 0.4) is 0 Å². The molecule has 8 rings (SSSR count). The quantitative estimate of drug-likeness (QED) is 0.204. The zero-order valence-corrected chi connectivity index (χ0v) is 25.3. The Labute approximate surface area is 264 Å². The predicted molar refractivity (Wildman–Crippen MR) is 185 cm³/mol. The average molecular weight is 578 g/mol. The molecular formula is C42H31N3. The maximum atomic E-state index is 5.04. The van der Waals surface area contributed by atoms with Crippen molar-refractivity contribution in [2.45, 2.75) is 19.3 Å². The Bertz CT molecular complexity index is 2150. The molecule has 0 amide bonds. The van der Waals surface area contributed by atoms with Crippen LogP contribution in [0.25, 0.3) is 67.3 Å². The van der Waals surface area contributed by atoms with Gasteiger partial charge in [-0.25, -0.2) is 9.97 Å². The number of nitrogens with zero attached hydrogens (tertiary/aromatic N) is 3. The zero-order chi connectivity index (χ0) is 30.4. The van der Waals surface area contributed by atoms with E-state index in [0.717, 1.165) is 39.2 Å². The van der Waals surface area contributed by atoms with Crippen molar-refractivity contribution in [3.05, 3.63) is 163 Å². The van der Waals surface area contributed by atoms with Crippen molar-refractivity contribution >= 4 is 0 Å². The Kier molecular flexibility index (Phi) is 6.46. The molecule has 0 atom stereocenters. The molecule has 0 radical (unpaired) electrons. The van der Waals surface area contributed by atoms with Crippen molar-refractivity contribution < 1.29 is 0 Å². The summed E-state index contributed by atoms with van der Waals surface area (Å²) in [5, 5.41) is 0. The highest BCUT2D eigenvalue weighted by atomic mass is 14.9. The molecule has 2 aromatic heterocycles. The molecule has 0 saturated heterocycles. The minimum absolute atomic E-state index is 0.0242. The SMILES string of the molecule is CC1(C)c2ccccc2-c2ccc(-c3ccc(-c4cc(-c5ccc(-c6ccncc6)cc5)nc(-c5ccccc5)n4)cc3)cc21. The molecule has 5 aromatic carbocycles. The summed E-state index contributed by atoms with van der Waals surface area (Å²) in [7, 11) is 0. The van der Waals surface area contributed by atoms with Gasteiger partial charge in [0.15, 0.2) is 5.82 Å². The van der Waals surface area contributed by atoms with Crippen LogP contribution in [0.15, 0.2) is 152 Å². The number of hydrogen-bond acceptors (Lipinski definition) is 3. The van der Waals surface area contributed by atoms with Gasteiger partial charge in [0.2, 0.25) is 0 Å². The molecular weight excluding hydrogens is 546 g/mol. The van der Waals surface area contributed by atoms with Crippen LogP contribution in [0.2, 0.25) is 0 Å². The zero-order valence-electron chi connectivity index (χ0n) is 25.3. The third-order valence-corrected chi connectivity index (χ3v) is 9.05. The molecule has 0 bridgehead atoms. The molecule has 0 saturated carbocycles. The number of pyridine rings is 1. The molecule has 0 aliphatic heterocycles. The molecule has 0 unspecified atom stereocenters. The van der Waals surface area contributed by atoms with Crippen LogP contribution in [-0.4, -0.2) is 15.0 Å². The monoisotopic (exact) mass is 577 g/mol. The van der Waals surface area contributed by atoms with Crippen LogP contribution in [-0.2, 0) is 5.41 Å². The highest BCUT2D eigenvalue weighted by molar-refractivity contribution is 5.84. The van der Waals surface area contributed by atoms with Crippen LogP contribution in [0.4, 0.5) is 0 Å². The molecule has 214 valence electrons. The summed E-state index contributed by atoms with van der Waals surface area (Å²) < 4.78 is 0. The fourth-order valence-corrected chi connectivity index (χ4v) is 6.55. The van der Waals surface area contributed by atoms with Gasteiger partial charge in [0.1, 0.15) is 0 Å². The second-order valence-electron chi connectivity index (χ2n) is 12.1. The van der Waals surface area contributed by atoms with Crippen molar-refractivity contribution in [2.24, 2.45) is 0 Å². The average Bonchev–Trinajstić information content (AvgIpc) is 3.34. The van der Waals surface area contributed by atoms with Crippen molar-refractivity contribution in [2.75, 3.05) is 0 Å². The lowest BCUT2D eigenvalue weighted by atomic mass is 9.81. The predicted octanol–water partition coefficient (Wildman–Crippen LogP) is 10.5. The van der Waals surface area contributed by atoms with Gasteiger partial charge in [0.25, 0.3) is 0 Å². The summed E-state index contributed by atoms with van der Waals surface area (Å²) in [6.45, 7) is 4.66. The molecule has 0 fully saturated rings. The van der Waals surface area contributed by atoms with E-state index in [-0.39, 0.29) is 5.41 Å². The Balaban J connectivity index is 1.16. The summed E-state index contributed by atoms with van der Waals surface area (Å²) >= 11 is 0. The third kappa shape index (κ3) is 4.83. The first-order valence-electron chi connectivity index (χ1n) is 15.4. The third-order valence-electron chi connectivity index (χ3n) is 9.05. The van der Waals surface area contributed by atoms with Gasteiger partial charge in [0.05, 0.1) is 11.4 Å². The highest BCUT2D eigenvalue weighted by Gasteiger charge is 2.35. The van der Waals surface area contributed by atoms with Crippen molar-refractivity contribution in [1.29, 1.82) is 0 Å². The summed E-state index contributed by atoms with van der Waals surface area (Å²) in [6.07, 6.45) is 3.64. The van der Waals surface area contributed by atoms with E-state index < -0.39 is 0 Å². The number of fused-ring (bicyclic) bond motifs is 3. The summed E-state index contributed by atoms with van der Waals surface area (Å²) in [5.41, 5.74) is 15.0. The van der Waals surface area contributed by atoms with Crippen LogP contribution in [0.5, 0.6) is 0 Å². The lowest BCUT2D eigenvalue weighted by Crippen LogP contribution is -2.14. The molecule has 1 aliphatic carbocycles. The van der Waals surface area contributed by atoms with E-state index in [1.54, 1.807) is 0 Å². The maximum absolute atomic E-state index is 5.04.